The maximum Gasteiger partial charge on any atom is 0.225 e. The quantitative estimate of drug-likeness (QED) is 0.417. The minimum absolute atomic E-state index is 0.273. The first-order chi connectivity index (χ1) is 17.6. The molecule has 5 unspecified atom stereocenters. The van der Waals surface area contributed by atoms with Crippen LogP contribution >= 0.6 is 0 Å². The van der Waals surface area contributed by atoms with Gasteiger partial charge in [0.15, 0.2) is 0 Å². The van der Waals surface area contributed by atoms with E-state index >= 15 is 0 Å². The summed E-state index contributed by atoms with van der Waals surface area (Å²) in [6, 6.07) is 1.94. The van der Waals surface area contributed by atoms with Crippen LogP contribution in [0.5, 0.6) is 0 Å². The van der Waals surface area contributed by atoms with Gasteiger partial charge in [0.25, 0.3) is 0 Å². The van der Waals surface area contributed by atoms with Gasteiger partial charge in [0, 0.05) is 57.4 Å². The zero-order valence-corrected chi connectivity index (χ0v) is 23.1. The molecule has 4 saturated carbocycles. The van der Waals surface area contributed by atoms with Crippen LogP contribution in [0.15, 0.2) is 0 Å². The topological polar surface area (TPSA) is 73.6 Å². The Bertz CT molecular complexity index is 689. The third-order valence-corrected chi connectivity index (χ3v) is 11.0. The largest absolute Gasteiger partial charge is 0.343 e. The zero-order valence-electron chi connectivity index (χ0n) is 23.1. The van der Waals surface area contributed by atoms with E-state index < -0.39 is 0 Å². The van der Waals surface area contributed by atoms with Gasteiger partial charge in [0.1, 0.15) is 0 Å². The standard InChI is InChI=1S/C30H55N5O/c1-34(27-7-2-3-8-27)30(36)26-6-4-5-23(17-26)20-35-21-33-28-14-13-25(18-29(28)35)24-11-9-22(10-12-24)19-32-16-15-31/h22-29,32-33H,2-21,31H2,1H3. The third-order valence-electron chi connectivity index (χ3n) is 11.0. The normalized spacial score (nSPS) is 38.2. The van der Waals surface area contributed by atoms with Gasteiger partial charge < -0.3 is 16.0 Å². The summed E-state index contributed by atoms with van der Waals surface area (Å²) in [6.45, 7) is 5.15. The molecule has 5 fully saturated rings. The molecule has 1 aliphatic heterocycles. The van der Waals surface area contributed by atoms with Gasteiger partial charge in [0.2, 0.25) is 5.91 Å². The smallest absolute Gasteiger partial charge is 0.225 e. The number of nitrogens with zero attached hydrogens (tertiary/aromatic N) is 2. The lowest BCUT2D eigenvalue weighted by molar-refractivity contribution is -0.138. The van der Waals surface area contributed by atoms with Crippen molar-refractivity contribution in [3.8, 4) is 0 Å². The molecule has 0 radical (unpaired) electrons. The second-order valence-electron chi connectivity index (χ2n) is 13.3. The van der Waals surface area contributed by atoms with Crippen molar-refractivity contribution in [1.82, 2.24) is 20.4 Å². The molecule has 1 heterocycles. The van der Waals surface area contributed by atoms with Crippen LogP contribution in [-0.4, -0.2) is 73.7 Å². The second-order valence-corrected chi connectivity index (χ2v) is 13.3. The summed E-state index contributed by atoms with van der Waals surface area (Å²) in [6.07, 6.45) is 19.7. The summed E-state index contributed by atoms with van der Waals surface area (Å²) in [5, 5.41) is 7.42. The molecule has 1 amide bonds. The summed E-state index contributed by atoms with van der Waals surface area (Å²) >= 11 is 0. The highest BCUT2D eigenvalue weighted by atomic mass is 16.2. The first kappa shape index (κ1) is 26.9. The molecule has 5 rings (SSSR count). The monoisotopic (exact) mass is 501 g/mol. The summed E-state index contributed by atoms with van der Waals surface area (Å²) < 4.78 is 0. The molecule has 0 aromatic carbocycles. The van der Waals surface area contributed by atoms with Crippen molar-refractivity contribution in [2.24, 2.45) is 35.3 Å². The number of carbonyl (C=O) groups excluding carboxylic acids is 1. The molecular formula is C30H55N5O. The number of fused-ring (bicyclic) bond motifs is 1. The molecule has 36 heavy (non-hydrogen) atoms. The predicted molar refractivity (Wildman–Crippen MR) is 147 cm³/mol. The Kier molecular flexibility index (Phi) is 9.64. The third kappa shape index (κ3) is 6.47. The number of hydrogen-bond donors (Lipinski definition) is 3. The fraction of sp³-hybridized carbons (Fsp3) is 0.967. The van der Waals surface area contributed by atoms with E-state index in [1.165, 1.54) is 90.0 Å². The average Bonchev–Trinajstić information content (AvgIpc) is 3.59. The van der Waals surface area contributed by atoms with Crippen LogP contribution in [-0.2, 0) is 4.79 Å². The Labute approximate surface area is 220 Å². The summed E-state index contributed by atoms with van der Waals surface area (Å²) in [7, 11) is 2.09. The van der Waals surface area contributed by atoms with Crippen molar-refractivity contribution >= 4 is 5.91 Å². The SMILES string of the molecule is CN(C(=O)C1CCCC(CN2CNC3CCC(C4CCC(CNCCN)CC4)CC32)C1)C1CCCC1. The summed E-state index contributed by atoms with van der Waals surface area (Å²) in [5.74, 6) is 4.16. The lowest BCUT2D eigenvalue weighted by atomic mass is 9.69. The van der Waals surface area contributed by atoms with E-state index in [1.807, 2.05) is 0 Å². The Hall–Kier alpha value is -0.690. The predicted octanol–water partition coefficient (Wildman–Crippen LogP) is 3.95. The van der Waals surface area contributed by atoms with Gasteiger partial charge >= 0.3 is 0 Å². The number of amides is 1. The molecule has 0 aromatic rings. The minimum Gasteiger partial charge on any atom is -0.343 e. The van der Waals surface area contributed by atoms with E-state index in [2.05, 4.69) is 27.5 Å². The van der Waals surface area contributed by atoms with Crippen molar-refractivity contribution in [3.63, 3.8) is 0 Å². The molecule has 5 atom stereocenters. The Morgan fingerprint density at radius 3 is 2.47 bits per heavy atom. The first-order valence-electron chi connectivity index (χ1n) is 15.8. The maximum atomic E-state index is 13.3. The Balaban J connectivity index is 1.09. The molecule has 4 aliphatic carbocycles. The van der Waals surface area contributed by atoms with Gasteiger partial charge in [-0.1, -0.05) is 19.3 Å². The Morgan fingerprint density at radius 1 is 0.917 bits per heavy atom. The van der Waals surface area contributed by atoms with E-state index in [0.29, 0.717) is 23.9 Å². The Morgan fingerprint density at radius 2 is 1.69 bits per heavy atom. The van der Waals surface area contributed by atoms with Crippen molar-refractivity contribution in [3.05, 3.63) is 0 Å². The van der Waals surface area contributed by atoms with Crippen LogP contribution in [0.3, 0.4) is 0 Å². The fourth-order valence-electron chi connectivity index (χ4n) is 8.84. The molecule has 6 nitrogen and oxygen atoms in total. The average molecular weight is 502 g/mol. The van der Waals surface area contributed by atoms with Crippen LogP contribution in [0, 0.1) is 29.6 Å². The molecule has 5 aliphatic rings. The highest BCUT2D eigenvalue weighted by Crippen LogP contribution is 2.42. The van der Waals surface area contributed by atoms with Gasteiger partial charge in [-0.15, -0.1) is 0 Å². The van der Waals surface area contributed by atoms with Crippen LogP contribution in [0.1, 0.15) is 96.3 Å². The van der Waals surface area contributed by atoms with Crippen LogP contribution in [0.2, 0.25) is 0 Å². The van der Waals surface area contributed by atoms with Crippen molar-refractivity contribution in [1.29, 1.82) is 0 Å². The van der Waals surface area contributed by atoms with E-state index in [0.717, 1.165) is 62.9 Å². The zero-order chi connectivity index (χ0) is 24.9. The molecule has 6 heteroatoms. The highest BCUT2D eigenvalue weighted by molar-refractivity contribution is 5.79. The van der Waals surface area contributed by atoms with E-state index in [9.17, 15) is 4.79 Å². The molecular weight excluding hydrogens is 446 g/mol. The van der Waals surface area contributed by atoms with Gasteiger partial charge in [-0.25, -0.2) is 0 Å². The molecule has 0 spiro atoms. The maximum absolute atomic E-state index is 13.3. The van der Waals surface area contributed by atoms with E-state index in [4.69, 9.17) is 5.73 Å². The highest BCUT2D eigenvalue weighted by Gasteiger charge is 2.42. The number of carbonyl (C=O) groups is 1. The first-order valence-corrected chi connectivity index (χ1v) is 15.8. The van der Waals surface area contributed by atoms with Crippen molar-refractivity contribution in [2.45, 2.75) is 114 Å². The number of hydrogen-bond acceptors (Lipinski definition) is 5. The van der Waals surface area contributed by atoms with Crippen LogP contribution < -0.4 is 16.4 Å². The molecule has 1 saturated heterocycles. The summed E-state index contributed by atoms with van der Waals surface area (Å²) in [5.41, 5.74) is 5.64. The molecule has 0 bridgehead atoms. The fourth-order valence-corrected chi connectivity index (χ4v) is 8.84. The van der Waals surface area contributed by atoms with E-state index in [1.54, 1.807) is 0 Å². The summed E-state index contributed by atoms with van der Waals surface area (Å²) in [4.78, 5) is 18.2. The number of nitrogens with one attached hydrogen (secondary N) is 2. The number of rotatable bonds is 9. The second kappa shape index (κ2) is 12.9. The van der Waals surface area contributed by atoms with Crippen molar-refractivity contribution in [2.75, 3.05) is 39.9 Å². The van der Waals surface area contributed by atoms with Crippen LogP contribution in [0.4, 0.5) is 0 Å². The van der Waals surface area contributed by atoms with Gasteiger partial charge in [-0.3, -0.25) is 15.0 Å². The van der Waals surface area contributed by atoms with Gasteiger partial charge in [-0.05, 0) is 107 Å². The lowest BCUT2D eigenvalue weighted by Gasteiger charge is -2.42. The minimum atomic E-state index is 0.273. The molecule has 4 N–H and O–H groups in total. The van der Waals surface area contributed by atoms with Gasteiger partial charge in [0.05, 0.1) is 0 Å². The van der Waals surface area contributed by atoms with Crippen molar-refractivity contribution < 1.29 is 4.79 Å². The molecule has 0 aromatic heterocycles. The van der Waals surface area contributed by atoms with Gasteiger partial charge in [-0.2, -0.15) is 0 Å². The number of nitrogens with two attached hydrogens (primary N) is 1. The lowest BCUT2D eigenvalue weighted by Crippen LogP contribution is -2.46. The van der Waals surface area contributed by atoms with Crippen LogP contribution in [0.25, 0.3) is 0 Å². The van der Waals surface area contributed by atoms with E-state index in [-0.39, 0.29) is 5.92 Å². The molecule has 206 valence electrons.